The van der Waals surface area contributed by atoms with Gasteiger partial charge in [-0.3, -0.25) is 5.43 Å². The zero-order valence-electron chi connectivity index (χ0n) is 13.6. The average Bonchev–Trinajstić information content (AvgIpc) is 3.05. The molecule has 0 atom stereocenters. The van der Waals surface area contributed by atoms with Crippen LogP contribution in [0.25, 0.3) is 11.3 Å². The molecule has 0 bridgehead atoms. The number of halogens is 3. The number of thiazole rings is 1. The number of nitrogens with one attached hydrogen (secondary N) is 1. The molecule has 0 aliphatic carbocycles. The molecule has 3 aromatic rings. The van der Waals surface area contributed by atoms with Gasteiger partial charge in [-0.05, 0) is 36.2 Å². The van der Waals surface area contributed by atoms with Crippen LogP contribution in [0.15, 0.2) is 59.0 Å². The normalized spacial score (nSPS) is 11.7. The minimum absolute atomic E-state index is 0.257. The predicted octanol–water partition coefficient (Wildman–Crippen LogP) is 5.46. The van der Waals surface area contributed by atoms with E-state index < -0.39 is 6.36 Å². The van der Waals surface area contributed by atoms with Gasteiger partial charge in [-0.25, -0.2) is 4.98 Å². The van der Waals surface area contributed by atoms with Gasteiger partial charge in [0.05, 0.1) is 11.9 Å². The van der Waals surface area contributed by atoms with E-state index in [4.69, 9.17) is 0 Å². The van der Waals surface area contributed by atoms with Crippen LogP contribution in [0.4, 0.5) is 18.3 Å². The summed E-state index contributed by atoms with van der Waals surface area (Å²) in [6, 6.07) is 13.8. The molecule has 1 heterocycles. The molecule has 0 radical (unpaired) electrons. The Morgan fingerprint density at radius 3 is 2.62 bits per heavy atom. The lowest BCUT2D eigenvalue weighted by Gasteiger charge is -2.10. The average molecular weight is 377 g/mol. The summed E-state index contributed by atoms with van der Waals surface area (Å²) in [6.07, 6.45) is -3.18. The number of alkyl halides is 3. The molecule has 1 aromatic heterocycles. The van der Waals surface area contributed by atoms with Gasteiger partial charge in [-0.15, -0.1) is 24.5 Å². The first kappa shape index (κ1) is 17.9. The second kappa shape index (κ2) is 7.57. The molecule has 134 valence electrons. The number of aromatic nitrogens is 1. The third-order valence-electron chi connectivity index (χ3n) is 3.41. The van der Waals surface area contributed by atoms with Crippen molar-refractivity contribution in [1.82, 2.24) is 4.98 Å². The van der Waals surface area contributed by atoms with E-state index in [2.05, 4.69) is 20.2 Å². The second-order valence-corrected chi connectivity index (χ2v) is 6.20. The Morgan fingerprint density at radius 1 is 1.15 bits per heavy atom. The molecule has 4 nitrogen and oxygen atoms in total. The molecule has 0 aliphatic rings. The van der Waals surface area contributed by atoms with Gasteiger partial charge >= 0.3 is 6.36 Å². The molecule has 0 saturated carbocycles. The summed E-state index contributed by atoms with van der Waals surface area (Å²) in [5, 5.41) is 6.63. The number of hydrogen-bond donors (Lipinski definition) is 1. The highest BCUT2D eigenvalue weighted by molar-refractivity contribution is 7.14. The van der Waals surface area contributed by atoms with Crippen molar-refractivity contribution in [2.45, 2.75) is 13.3 Å². The van der Waals surface area contributed by atoms with Crippen molar-refractivity contribution in [2.24, 2.45) is 5.10 Å². The quantitative estimate of drug-likeness (QED) is 0.474. The summed E-state index contributed by atoms with van der Waals surface area (Å²) in [5.41, 5.74) is 5.97. The molecule has 0 fully saturated rings. The van der Waals surface area contributed by atoms with Crippen LogP contribution in [0.5, 0.6) is 5.75 Å². The largest absolute Gasteiger partial charge is 0.573 e. The number of rotatable bonds is 5. The Balaban J connectivity index is 1.65. The number of nitrogens with zero attached hydrogens (tertiary/aromatic N) is 2. The lowest BCUT2D eigenvalue weighted by atomic mass is 10.1. The molecule has 1 N–H and O–H groups in total. The fourth-order valence-electron chi connectivity index (χ4n) is 2.21. The summed E-state index contributed by atoms with van der Waals surface area (Å²) >= 11 is 1.41. The fraction of sp³-hybridized carbons (Fsp3) is 0.111. The summed E-state index contributed by atoms with van der Waals surface area (Å²) in [5.74, 6) is -0.257. The Morgan fingerprint density at radius 2 is 1.92 bits per heavy atom. The van der Waals surface area contributed by atoms with Crippen molar-refractivity contribution >= 4 is 22.7 Å². The summed E-state index contributed by atoms with van der Waals surface area (Å²) in [4.78, 5) is 4.44. The van der Waals surface area contributed by atoms with Crippen LogP contribution >= 0.6 is 11.3 Å². The highest BCUT2D eigenvalue weighted by Crippen LogP contribution is 2.25. The van der Waals surface area contributed by atoms with E-state index in [-0.39, 0.29) is 5.75 Å². The molecular formula is C18H14F3N3OS. The number of hydrogen-bond acceptors (Lipinski definition) is 5. The van der Waals surface area contributed by atoms with Gasteiger partial charge in [0.2, 0.25) is 5.13 Å². The molecule has 26 heavy (non-hydrogen) atoms. The van der Waals surface area contributed by atoms with Crippen LogP contribution in [0.2, 0.25) is 0 Å². The predicted molar refractivity (Wildman–Crippen MR) is 96.6 cm³/mol. The Bertz CT molecular complexity index is 908. The summed E-state index contributed by atoms with van der Waals surface area (Å²) in [7, 11) is 0. The Labute approximate surface area is 152 Å². The fourth-order valence-corrected chi connectivity index (χ4v) is 2.88. The molecule has 0 aliphatic heterocycles. The standard InChI is InChI=1S/C18H14F3N3OS/c1-12-9-15(25-18(19,20)21)8-7-14(12)10-22-24-17-23-16(11-26-17)13-5-3-2-4-6-13/h2-11H,1H3,(H,23,24). The van der Waals surface area contributed by atoms with Crippen LogP contribution in [-0.4, -0.2) is 17.6 Å². The van der Waals surface area contributed by atoms with Crippen LogP contribution in [0.1, 0.15) is 11.1 Å². The Hall–Kier alpha value is -2.87. The third-order valence-corrected chi connectivity index (χ3v) is 4.16. The minimum Gasteiger partial charge on any atom is -0.406 e. The van der Waals surface area contributed by atoms with E-state index >= 15 is 0 Å². The van der Waals surface area contributed by atoms with Gasteiger partial charge in [0, 0.05) is 10.9 Å². The van der Waals surface area contributed by atoms with Gasteiger partial charge in [0.15, 0.2) is 0 Å². The SMILES string of the molecule is Cc1cc(OC(F)(F)F)ccc1C=NNc1nc(-c2ccccc2)cs1. The molecule has 2 aromatic carbocycles. The number of aryl methyl sites for hydroxylation is 1. The van der Waals surface area contributed by atoms with E-state index in [9.17, 15) is 13.2 Å². The van der Waals surface area contributed by atoms with Crippen molar-refractivity contribution in [1.29, 1.82) is 0 Å². The maximum atomic E-state index is 12.2. The molecule has 0 unspecified atom stereocenters. The first-order valence-corrected chi connectivity index (χ1v) is 8.45. The number of hydrazone groups is 1. The smallest absolute Gasteiger partial charge is 0.406 e. The van der Waals surface area contributed by atoms with Gasteiger partial charge in [-0.2, -0.15) is 5.10 Å². The zero-order chi connectivity index (χ0) is 18.6. The monoisotopic (exact) mass is 377 g/mol. The maximum absolute atomic E-state index is 12.2. The topological polar surface area (TPSA) is 46.5 Å². The molecule has 8 heteroatoms. The minimum atomic E-state index is -4.70. The molecule has 0 amide bonds. The van der Waals surface area contributed by atoms with E-state index in [0.717, 1.165) is 11.3 Å². The van der Waals surface area contributed by atoms with Crippen LogP contribution in [0.3, 0.4) is 0 Å². The van der Waals surface area contributed by atoms with Crippen molar-refractivity contribution in [3.05, 3.63) is 65.0 Å². The van der Waals surface area contributed by atoms with Crippen LogP contribution < -0.4 is 10.2 Å². The first-order chi connectivity index (χ1) is 12.4. The van der Waals surface area contributed by atoms with E-state index in [1.165, 1.54) is 35.8 Å². The van der Waals surface area contributed by atoms with Crippen LogP contribution in [0, 0.1) is 6.92 Å². The molecule has 0 spiro atoms. The lowest BCUT2D eigenvalue weighted by Crippen LogP contribution is -2.17. The highest BCUT2D eigenvalue weighted by atomic mass is 32.1. The van der Waals surface area contributed by atoms with Gasteiger partial charge in [-0.1, -0.05) is 30.3 Å². The summed E-state index contributed by atoms with van der Waals surface area (Å²) in [6.45, 7) is 1.68. The van der Waals surface area contributed by atoms with Gasteiger partial charge in [0.25, 0.3) is 0 Å². The van der Waals surface area contributed by atoms with Crippen LogP contribution in [-0.2, 0) is 0 Å². The van der Waals surface area contributed by atoms with Crippen molar-refractivity contribution < 1.29 is 17.9 Å². The second-order valence-electron chi connectivity index (χ2n) is 5.34. The van der Waals surface area contributed by atoms with E-state index in [0.29, 0.717) is 16.3 Å². The first-order valence-electron chi connectivity index (χ1n) is 7.57. The Kier molecular flexibility index (Phi) is 5.22. The van der Waals surface area contributed by atoms with Gasteiger partial charge in [0.1, 0.15) is 5.75 Å². The third kappa shape index (κ3) is 4.82. The molecular weight excluding hydrogens is 363 g/mol. The van der Waals surface area contributed by atoms with Crippen molar-refractivity contribution in [3.63, 3.8) is 0 Å². The maximum Gasteiger partial charge on any atom is 0.573 e. The molecule has 0 saturated heterocycles. The zero-order valence-corrected chi connectivity index (χ0v) is 14.4. The number of anilines is 1. The van der Waals surface area contributed by atoms with Crippen molar-refractivity contribution in [2.75, 3.05) is 5.43 Å². The van der Waals surface area contributed by atoms with Crippen molar-refractivity contribution in [3.8, 4) is 17.0 Å². The number of benzene rings is 2. The number of ether oxygens (including phenoxy) is 1. The molecule has 3 rings (SSSR count). The van der Waals surface area contributed by atoms with E-state index in [1.54, 1.807) is 6.92 Å². The van der Waals surface area contributed by atoms with Gasteiger partial charge < -0.3 is 4.74 Å². The highest BCUT2D eigenvalue weighted by Gasteiger charge is 2.31. The summed E-state index contributed by atoms with van der Waals surface area (Å²) < 4.78 is 40.6. The van der Waals surface area contributed by atoms with E-state index in [1.807, 2.05) is 35.7 Å². The lowest BCUT2D eigenvalue weighted by molar-refractivity contribution is -0.274.